The third kappa shape index (κ3) is 7.61. The summed E-state index contributed by atoms with van der Waals surface area (Å²) in [5.41, 5.74) is 0.793. The molecule has 0 saturated carbocycles. The summed E-state index contributed by atoms with van der Waals surface area (Å²) in [6, 6.07) is 0. The molecule has 0 bridgehead atoms. The van der Waals surface area contributed by atoms with Crippen LogP contribution < -0.4 is 5.32 Å². The second kappa shape index (κ2) is 8.56. The third-order valence-electron chi connectivity index (χ3n) is 1.61. The van der Waals surface area contributed by atoms with Crippen LogP contribution in [0, 0.1) is 0 Å². The van der Waals surface area contributed by atoms with Crippen molar-refractivity contribution >= 4 is 5.97 Å². The van der Waals surface area contributed by atoms with Gasteiger partial charge in [0, 0.05) is 24.9 Å². The zero-order valence-electron chi connectivity index (χ0n) is 8.88. The fourth-order valence-corrected chi connectivity index (χ4v) is 0.934. The van der Waals surface area contributed by atoms with Gasteiger partial charge in [-0.15, -0.1) is 0 Å². The Hall–Kier alpha value is -1.03. The molecule has 0 amide bonds. The lowest BCUT2D eigenvalue weighted by Gasteiger charge is -2.05. The molecule has 2 N–H and O–H groups in total. The highest BCUT2D eigenvalue weighted by Gasteiger charge is 1.96. The number of aliphatic hydroxyl groups is 1. The molecular formula is C10H19NO3. The quantitative estimate of drug-likeness (QED) is 0.363. The number of esters is 1. The number of hydrogen-bond donors (Lipinski definition) is 2. The molecule has 0 aliphatic carbocycles. The van der Waals surface area contributed by atoms with Crippen LogP contribution in [0.3, 0.4) is 0 Å². The molecule has 0 aromatic carbocycles. The molecule has 0 radical (unpaired) electrons. The van der Waals surface area contributed by atoms with Crippen molar-refractivity contribution in [1.82, 2.24) is 5.32 Å². The highest BCUT2D eigenvalue weighted by atomic mass is 16.5. The average molecular weight is 201 g/mol. The number of carbonyl (C=O) groups excluding carboxylic acids is 1. The number of ether oxygens (including phenoxy) is 1. The van der Waals surface area contributed by atoms with Gasteiger partial charge in [-0.1, -0.05) is 0 Å². The molecule has 0 fully saturated rings. The average Bonchev–Trinajstić information content (AvgIpc) is 2.13. The van der Waals surface area contributed by atoms with Gasteiger partial charge < -0.3 is 15.2 Å². The van der Waals surface area contributed by atoms with E-state index < -0.39 is 0 Å². The Labute approximate surface area is 85.0 Å². The molecule has 0 rings (SSSR count). The maximum atomic E-state index is 11.0. The Balaban J connectivity index is 3.60. The van der Waals surface area contributed by atoms with Gasteiger partial charge in [-0.3, -0.25) is 0 Å². The lowest BCUT2D eigenvalue weighted by atomic mass is 10.3. The van der Waals surface area contributed by atoms with Crippen LogP contribution in [0.1, 0.15) is 26.7 Å². The Morgan fingerprint density at radius 1 is 1.50 bits per heavy atom. The minimum Gasteiger partial charge on any atom is -0.463 e. The highest BCUT2D eigenvalue weighted by Crippen LogP contribution is 1.91. The van der Waals surface area contributed by atoms with E-state index >= 15 is 0 Å². The number of aliphatic hydroxyl groups excluding tert-OH is 1. The summed E-state index contributed by atoms with van der Waals surface area (Å²) in [4.78, 5) is 11.0. The molecule has 82 valence electrons. The van der Waals surface area contributed by atoms with Gasteiger partial charge >= 0.3 is 5.97 Å². The van der Waals surface area contributed by atoms with Gasteiger partial charge in [-0.2, -0.15) is 0 Å². The number of allylic oxidation sites excluding steroid dienone is 1. The Morgan fingerprint density at radius 2 is 2.21 bits per heavy atom. The van der Waals surface area contributed by atoms with Crippen molar-refractivity contribution in [2.75, 3.05) is 19.8 Å². The first kappa shape index (κ1) is 13.0. The molecule has 0 saturated heterocycles. The molecule has 4 heteroatoms. The summed E-state index contributed by atoms with van der Waals surface area (Å²) in [5.74, 6) is -0.320. The Morgan fingerprint density at radius 3 is 2.79 bits per heavy atom. The second-order valence-electron chi connectivity index (χ2n) is 2.94. The number of hydrogen-bond acceptors (Lipinski definition) is 4. The third-order valence-corrected chi connectivity index (χ3v) is 1.61. The molecule has 0 aromatic rings. The van der Waals surface area contributed by atoms with Gasteiger partial charge in [-0.25, -0.2) is 4.79 Å². The van der Waals surface area contributed by atoms with E-state index in [1.807, 2.05) is 6.92 Å². The van der Waals surface area contributed by atoms with Crippen LogP contribution in [0.15, 0.2) is 11.8 Å². The van der Waals surface area contributed by atoms with Gasteiger partial charge in [0.05, 0.1) is 6.61 Å². The number of carbonyl (C=O) groups is 1. The van der Waals surface area contributed by atoms with Gasteiger partial charge in [0.15, 0.2) is 0 Å². The summed E-state index contributed by atoms with van der Waals surface area (Å²) >= 11 is 0. The van der Waals surface area contributed by atoms with Crippen molar-refractivity contribution in [3.63, 3.8) is 0 Å². The summed E-state index contributed by atoms with van der Waals surface area (Å²) in [6.45, 7) is 4.96. The number of rotatable bonds is 7. The zero-order chi connectivity index (χ0) is 10.8. The monoisotopic (exact) mass is 201 g/mol. The van der Waals surface area contributed by atoms with Crippen LogP contribution in [0.5, 0.6) is 0 Å². The molecule has 0 heterocycles. The zero-order valence-corrected chi connectivity index (χ0v) is 8.88. The molecule has 0 aliphatic rings. The van der Waals surface area contributed by atoms with Crippen molar-refractivity contribution in [2.24, 2.45) is 0 Å². The van der Waals surface area contributed by atoms with Crippen LogP contribution in [0.4, 0.5) is 0 Å². The lowest BCUT2D eigenvalue weighted by molar-refractivity contribution is -0.137. The van der Waals surface area contributed by atoms with Crippen LogP contribution in [-0.2, 0) is 9.53 Å². The lowest BCUT2D eigenvalue weighted by Crippen LogP contribution is -2.15. The van der Waals surface area contributed by atoms with Crippen molar-refractivity contribution in [3.05, 3.63) is 11.8 Å². The molecule has 0 aromatic heterocycles. The molecule has 0 spiro atoms. The van der Waals surface area contributed by atoms with Crippen LogP contribution in [0.25, 0.3) is 0 Å². The van der Waals surface area contributed by atoms with E-state index in [9.17, 15) is 4.79 Å². The van der Waals surface area contributed by atoms with E-state index in [-0.39, 0.29) is 12.6 Å². The molecule has 0 unspecified atom stereocenters. The van der Waals surface area contributed by atoms with Crippen molar-refractivity contribution in [3.8, 4) is 0 Å². The Kier molecular flexibility index (Phi) is 7.93. The minimum absolute atomic E-state index is 0.211. The molecule has 14 heavy (non-hydrogen) atoms. The van der Waals surface area contributed by atoms with Gasteiger partial charge in [0.1, 0.15) is 0 Å². The first-order valence-electron chi connectivity index (χ1n) is 4.90. The molecule has 0 atom stereocenters. The normalized spacial score (nSPS) is 11.2. The van der Waals surface area contributed by atoms with Gasteiger partial charge in [0.2, 0.25) is 0 Å². The molecule has 4 nitrogen and oxygen atoms in total. The summed E-state index contributed by atoms with van der Waals surface area (Å²) in [6.07, 6.45) is 3.10. The largest absolute Gasteiger partial charge is 0.463 e. The van der Waals surface area contributed by atoms with Crippen molar-refractivity contribution in [1.29, 1.82) is 0 Å². The minimum atomic E-state index is -0.320. The van der Waals surface area contributed by atoms with Gasteiger partial charge in [0.25, 0.3) is 0 Å². The fraction of sp³-hybridized carbons (Fsp3) is 0.700. The Bertz CT molecular complexity index is 190. The maximum Gasteiger partial charge on any atom is 0.332 e. The van der Waals surface area contributed by atoms with E-state index in [1.54, 1.807) is 6.92 Å². The second-order valence-corrected chi connectivity index (χ2v) is 2.94. The number of nitrogens with one attached hydrogen (secondary N) is 1. The molecule has 0 aliphatic heterocycles. The van der Waals surface area contributed by atoms with Crippen molar-refractivity contribution < 1.29 is 14.6 Å². The predicted octanol–water partition coefficient (Wildman–Crippen LogP) is 0.815. The summed E-state index contributed by atoms with van der Waals surface area (Å²) in [7, 11) is 0. The standard InChI is InChI=1S/C10H19NO3/c1-3-14-10(13)8-9(2)11-6-4-5-7-12/h8,11-12H,3-7H2,1-2H3/b9-8-. The van der Waals surface area contributed by atoms with Crippen LogP contribution in [0.2, 0.25) is 0 Å². The van der Waals surface area contributed by atoms with Crippen LogP contribution >= 0.6 is 0 Å². The van der Waals surface area contributed by atoms with Crippen LogP contribution in [-0.4, -0.2) is 30.8 Å². The maximum absolute atomic E-state index is 11.0. The van der Waals surface area contributed by atoms with E-state index in [1.165, 1.54) is 6.08 Å². The van der Waals surface area contributed by atoms with E-state index in [2.05, 4.69) is 5.32 Å². The fourth-order valence-electron chi connectivity index (χ4n) is 0.934. The highest BCUT2D eigenvalue weighted by molar-refractivity contribution is 5.82. The SMILES string of the molecule is CCOC(=O)/C=C(/C)NCCCCO. The first-order valence-corrected chi connectivity index (χ1v) is 4.90. The smallest absolute Gasteiger partial charge is 0.332 e. The van der Waals surface area contributed by atoms with E-state index in [4.69, 9.17) is 9.84 Å². The topological polar surface area (TPSA) is 58.6 Å². The summed E-state index contributed by atoms with van der Waals surface area (Å²) in [5, 5.41) is 11.6. The van der Waals surface area contributed by atoms with Gasteiger partial charge in [-0.05, 0) is 26.7 Å². The number of unbranched alkanes of at least 4 members (excludes halogenated alkanes) is 1. The predicted molar refractivity (Wildman–Crippen MR) is 54.7 cm³/mol. The van der Waals surface area contributed by atoms with E-state index in [0.29, 0.717) is 6.61 Å². The van der Waals surface area contributed by atoms with E-state index in [0.717, 1.165) is 25.1 Å². The summed E-state index contributed by atoms with van der Waals surface area (Å²) < 4.78 is 4.74. The van der Waals surface area contributed by atoms with Crippen molar-refractivity contribution in [2.45, 2.75) is 26.7 Å². The molecular weight excluding hydrogens is 182 g/mol. The first-order chi connectivity index (χ1) is 6.70.